The molecule has 26 heavy (non-hydrogen) atoms. The second kappa shape index (κ2) is 9.61. The molecule has 5 heteroatoms. The van der Waals surface area contributed by atoms with Crippen molar-refractivity contribution in [1.82, 2.24) is 5.32 Å². The first-order chi connectivity index (χ1) is 12.6. The molecule has 0 aliphatic heterocycles. The summed E-state index contributed by atoms with van der Waals surface area (Å²) in [4.78, 5) is 17.2. The number of ether oxygens (including phenoxy) is 1. The summed E-state index contributed by atoms with van der Waals surface area (Å²) in [5.74, 6) is 0.937. The zero-order valence-corrected chi connectivity index (χ0v) is 15.8. The highest BCUT2D eigenvalue weighted by atomic mass is 16.6. The van der Waals surface area contributed by atoms with E-state index < -0.39 is 0 Å². The molecule has 0 heterocycles. The van der Waals surface area contributed by atoms with Crippen molar-refractivity contribution >= 4 is 11.6 Å². The molecule has 1 N–H and O–H groups in total. The number of carbonyl (C=O) groups is 1. The van der Waals surface area contributed by atoms with Gasteiger partial charge in [0.1, 0.15) is 19.5 Å². The summed E-state index contributed by atoms with van der Waals surface area (Å²) in [5, 5.41) is 6.69. The number of oxime groups is 1. The van der Waals surface area contributed by atoms with Crippen molar-refractivity contribution < 1.29 is 14.4 Å². The summed E-state index contributed by atoms with van der Waals surface area (Å²) < 4.78 is 6.07. The van der Waals surface area contributed by atoms with Crippen LogP contribution in [0.15, 0.2) is 53.7 Å². The number of nitrogens with zero attached hydrogens (tertiary/aromatic N) is 1. The minimum atomic E-state index is -0.274. The Hall–Kier alpha value is -2.82. The summed E-state index contributed by atoms with van der Waals surface area (Å²) >= 11 is 0. The van der Waals surface area contributed by atoms with Crippen molar-refractivity contribution in [1.29, 1.82) is 0 Å². The van der Waals surface area contributed by atoms with Crippen LogP contribution in [0.4, 0.5) is 0 Å². The second-order valence-corrected chi connectivity index (χ2v) is 6.12. The molecule has 138 valence electrons. The van der Waals surface area contributed by atoms with Gasteiger partial charge in [0, 0.05) is 12.1 Å². The van der Waals surface area contributed by atoms with Gasteiger partial charge in [0.05, 0.1) is 0 Å². The third-order valence-electron chi connectivity index (χ3n) is 3.93. The van der Waals surface area contributed by atoms with Crippen LogP contribution < -0.4 is 10.1 Å². The maximum atomic E-state index is 12.3. The summed E-state index contributed by atoms with van der Waals surface area (Å²) in [7, 11) is 1.43. The van der Waals surface area contributed by atoms with Gasteiger partial charge in [0.25, 0.3) is 5.91 Å². The number of hydrogen-bond acceptors (Lipinski definition) is 4. The molecule has 0 radical (unpaired) electrons. The molecule has 2 aromatic carbocycles. The number of para-hydroxylation sites is 1. The van der Waals surface area contributed by atoms with Gasteiger partial charge in [0.2, 0.25) is 0 Å². The Labute approximate surface area is 155 Å². The van der Waals surface area contributed by atoms with E-state index >= 15 is 0 Å². The fraction of sp³-hybridized carbons (Fsp3) is 0.333. The molecule has 0 aromatic heterocycles. The SMILES string of the molecule is CCNC(=O)/C(=N\OC)c1ccccc1COc1ccccc1C(C)C. The average Bonchev–Trinajstić information content (AvgIpc) is 2.65. The lowest BCUT2D eigenvalue weighted by Gasteiger charge is -2.16. The molecule has 0 fully saturated rings. The first-order valence-corrected chi connectivity index (χ1v) is 8.77. The maximum Gasteiger partial charge on any atom is 0.273 e. The van der Waals surface area contributed by atoms with Crippen molar-refractivity contribution in [2.45, 2.75) is 33.3 Å². The lowest BCUT2D eigenvalue weighted by Crippen LogP contribution is -2.32. The number of hydrogen-bond donors (Lipinski definition) is 1. The van der Waals surface area contributed by atoms with Gasteiger partial charge < -0.3 is 14.9 Å². The minimum Gasteiger partial charge on any atom is -0.489 e. The van der Waals surface area contributed by atoms with Crippen LogP contribution in [0, 0.1) is 0 Å². The van der Waals surface area contributed by atoms with Gasteiger partial charge in [-0.1, -0.05) is 61.5 Å². The van der Waals surface area contributed by atoms with E-state index in [0.717, 1.165) is 16.9 Å². The first-order valence-electron chi connectivity index (χ1n) is 8.77. The molecule has 0 atom stereocenters. The number of amides is 1. The summed E-state index contributed by atoms with van der Waals surface area (Å²) in [6, 6.07) is 15.6. The van der Waals surface area contributed by atoms with E-state index in [0.29, 0.717) is 24.6 Å². The Bertz CT molecular complexity index is 769. The van der Waals surface area contributed by atoms with E-state index in [1.54, 1.807) is 0 Å². The topological polar surface area (TPSA) is 59.9 Å². The van der Waals surface area contributed by atoms with Gasteiger partial charge in [0.15, 0.2) is 5.71 Å². The molecule has 2 rings (SSSR count). The van der Waals surface area contributed by atoms with E-state index in [9.17, 15) is 4.79 Å². The zero-order chi connectivity index (χ0) is 18.9. The lowest BCUT2D eigenvalue weighted by molar-refractivity contribution is -0.114. The van der Waals surface area contributed by atoms with Crippen LogP contribution in [0.25, 0.3) is 0 Å². The predicted molar refractivity (Wildman–Crippen MR) is 104 cm³/mol. The van der Waals surface area contributed by atoms with E-state index in [2.05, 4.69) is 30.4 Å². The molecule has 0 aliphatic rings. The highest BCUT2D eigenvalue weighted by molar-refractivity contribution is 6.45. The Morgan fingerprint density at radius 3 is 2.50 bits per heavy atom. The third-order valence-corrected chi connectivity index (χ3v) is 3.93. The Kier molecular flexibility index (Phi) is 7.21. The highest BCUT2D eigenvalue weighted by Gasteiger charge is 2.18. The fourth-order valence-corrected chi connectivity index (χ4v) is 2.67. The van der Waals surface area contributed by atoms with Crippen LogP contribution in [0.1, 0.15) is 43.4 Å². The normalized spacial score (nSPS) is 11.3. The highest BCUT2D eigenvalue weighted by Crippen LogP contribution is 2.27. The first kappa shape index (κ1) is 19.5. The maximum absolute atomic E-state index is 12.3. The second-order valence-electron chi connectivity index (χ2n) is 6.12. The van der Waals surface area contributed by atoms with Crippen LogP contribution in [0.5, 0.6) is 5.75 Å². The minimum absolute atomic E-state index is 0.241. The average molecular weight is 354 g/mol. The number of rotatable bonds is 8. The molecule has 5 nitrogen and oxygen atoms in total. The van der Waals surface area contributed by atoms with Gasteiger partial charge in [-0.25, -0.2) is 0 Å². The largest absolute Gasteiger partial charge is 0.489 e. The number of nitrogens with one attached hydrogen (secondary N) is 1. The van der Waals surface area contributed by atoms with Gasteiger partial charge in [-0.15, -0.1) is 0 Å². The quantitative estimate of drug-likeness (QED) is 0.578. The van der Waals surface area contributed by atoms with Gasteiger partial charge in [-0.3, -0.25) is 4.79 Å². The van der Waals surface area contributed by atoms with Gasteiger partial charge in [-0.05, 0) is 30.0 Å². The molecule has 0 unspecified atom stereocenters. The number of carbonyl (C=O) groups excluding carboxylic acids is 1. The summed E-state index contributed by atoms with van der Waals surface area (Å²) in [6.45, 7) is 6.98. The van der Waals surface area contributed by atoms with E-state index in [-0.39, 0.29) is 11.6 Å². The summed E-state index contributed by atoms with van der Waals surface area (Å²) in [5.41, 5.74) is 2.96. The molecule has 2 aromatic rings. The monoisotopic (exact) mass is 354 g/mol. The molecule has 0 bridgehead atoms. The molecule has 0 saturated heterocycles. The van der Waals surface area contributed by atoms with Crippen LogP contribution >= 0.6 is 0 Å². The van der Waals surface area contributed by atoms with Crippen molar-refractivity contribution in [3.05, 3.63) is 65.2 Å². The lowest BCUT2D eigenvalue weighted by atomic mass is 10.0. The van der Waals surface area contributed by atoms with Crippen molar-refractivity contribution in [3.8, 4) is 5.75 Å². The van der Waals surface area contributed by atoms with E-state index in [1.807, 2.05) is 49.4 Å². The summed E-state index contributed by atoms with van der Waals surface area (Å²) in [6.07, 6.45) is 0. The smallest absolute Gasteiger partial charge is 0.273 e. The molecular formula is C21H26N2O3. The van der Waals surface area contributed by atoms with Crippen LogP contribution in [-0.4, -0.2) is 25.3 Å². The van der Waals surface area contributed by atoms with Crippen LogP contribution in [-0.2, 0) is 16.2 Å². The van der Waals surface area contributed by atoms with Crippen LogP contribution in [0.3, 0.4) is 0 Å². The van der Waals surface area contributed by atoms with E-state index in [1.165, 1.54) is 7.11 Å². The van der Waals surface area contributed by atoms with Crippen LogP contribution in [0.2, 0.25) is 0 Å². The molecule has 0 aliphatic carbocycles. The standard InChI is InChI=1S/C21H26N2O3/c1-5-22-21(24)20(23-25-4)18-12-7-6-10-16(18)14-26-19-13-9-8-11-17(19)15(2)3/h6-13,15H,5,14H2,1-4H3,(H,22,24)/b23-20-. The van der Waals surface area contributed by atoms with Gasteiger partial charge in [-0.2, -0.15) is 0 Å². The van der Waals surface area contributed by atoms with E-state index in [4.69, 9.17) is 9.57 Å². The predicted octanol–water partition coefficient (Wildman–Crippen LogP) is 3.88. The van der Waals surface area contributed by atoms with Crippen molar-refractivity contribution in [2.24, 2.45) is 5.16 Å². The molecular weight excluding hydrogens is 328 g/mol. The number of likely N-dealkylation sites (N-methyl/N-ethyl adjacent to an activating group) is 1. The Morgan fingerprint density at radius 1 is 1.12 bits per heavy atom. The zero-order valence-electron chi connectivity index (χ0n) is 15.8. The molecule has 0 saturated carbocycles. The molecule has 1 amide bonds. The van der Waals surface area contributed by atoms with Crippen molar-refractivity contribution in [2.75, 3.05) is 13.7 Å². The fourth-order valence-electron chi connectivity index (χ4n) is 2.67. The number of benzene rings is 2. The third kappa shape index (κ3) is 4.85. The molecule has 0 spiro atoms. The van der Waals surface area contributed by atoms with Gasteiger partial charge >= 0.3 is 0 Å². The van der Waals surface area contributed by atoms with Crippen molar-refractivity contribution in [3.63, 3.8) is 0 Å². The Balaban J connectivity index is 2.29. The Morgan fingerprint density at radius 2 is 1.81 bits per heavy atom.